The van der Waals surface area contributed by atoms with E-state index in [9.17, 15) is 5.11 Å². The zero-order valence-corrected chi connectivity index (χ0v) is 11.8. The van der Waals surface area contributed by atoms with E-state index in [4.69, 9.17) is 4.74 Å². The molecule has 0 radical (unpaired) electrons. The first-order valence-corrected chi connectivity index (χ1v) is 7.24. The molecule has 1 atom stereocenters. The van der Waals surface area contributed by atoms with Crippen LogP contribution in [0.2, 0.25) is 0 Å². The third kappa shape index (κ3) is 2.93. The fraction of sp³-hybridized carbons (Fsp3) is 0.625. The Balaban J connectivity index is 1.61. The topological polar surface area (TPSA) is 41.5 Å². The molecule has 104 valence electrons. The van der Waals surface area contributed by atoms with Gasteiger partial charge in [-0.3, -0.25) is 0 Å². The SMILES string of the molecule is CC1(C)Cc2cccc(CNCC(O)C3CC3)c2O1. The summed E-state index contributed by atoms with van der Waals surface area (Å²) in [7, 11) is 0. The van der Waals surface area contributed by atoms with Gasteiger partial charge in [-0.15, -0.1) is 0 Å². The molecule has 1 aliphatic carbocycles. The van der Waals surface area contributed by atoms with E-state index in [1.807, 2.05) is 0 Å². The molecule has 2 N–H and O–H groups in total. The number of hydrogen-bond donors (Lipinski definition) is 2. The second-order valence-electron chi connectivity index (χ2n) is 6.48. The number of hydrogen-bond acceptors (Lipinski definition) is 3. The van der Waals surface area contributed by atoms with Crippen LogP contribution in [0.5, 0.6) is 5.75 Å². The zero-order valence-electron chi connectivity index (χ0n) is 11.8. The van der Waals surface area contributed by atoms with Gasteiger partial charge < -0.3 is 15.2 Å². The Morgan fingerprint density at radius 3 is 2.95 bits per heavy atom. The molecule has 1 aromatic carbocycles. The van der Waals surface area contributed by atoms with Crippen molar-refractivity contribution >= 4 is 0 Å². The summed E-state index contributed by atoms with van der Waals surface area (Å²) in [5.41, 5.74) is 2.41. The van der Waals surface area contributed by atoms with E-state index < -0.39 is 0 Å². The lowest BCUT2D eigenvalue weighted by atomic mass is 10.0. The minimum absolute atomic E-state index is 0.0913. The second-order valence-corrected chi connectivity index (χ2v) is 6.48. The lowest BCUT2D eigenvalue weighted by Crippen LogP contribution is -2.28. The van der Waals surface area contributed by atoms with Gasteiger partial charge >= 0.3 is 0 Å². The monoisotopic (exact) mass is 261 g/mol. The van der Waals surface area contributed by atoms with Gasteiger partial charge in [-0.2, -0.15) is 0 Å². The number of nitrogens with one attached hydrogen (secondary N) is 1. The van der Waals surface area contributed by atoms with Crippen molar-refractivity contribution in [3.05, 3.63) is 29.3 Å². The number of para-hydroxylation sites is 1. The highest BCUT2D eigenvalue weighted by Gasteiger charge is 2.32. The highest BCUT2D eigenvalue weighted by Crippen LogP contribution is 2.37. The number of ether oxygens (including phenoxy) is 1. The van der Waals surface area contributed by atoms with Gasteiger partial charge in [0.2, 0.25) is 0 Å². The number of aliphatic hydroxyl groups excluding tert-OH is 1. The van der Waals surface area contributed by atoms with Crippen molar-refractivity contribution in [2.24, 2.45) is 5.92 Å². The van der Waals surface area contributed by atoms with Crippen LogP contribution in [0, 0.1) is 5.92 Å². The van der Waals surface area contributed by atoms with Crippen molar-refractivity contribution in [2.75, 3.05) is 6.54 Å². The van der Waals surface area contributed by atoms with Gasteiger partial charge in [-0.1, -0.05) is 18.2 Å². The molecule has 2 aliphatic rings. The summed E-state index contributed by atoms with van der Waals surface area (Å²) < 4.78 is 6.04. The van der Waals surface area contributed by atoms with Gasteiger partial charge in [0.1, 0.15) is 11.4 Å². The smallest absolute Gasteiger partial charge is 0.127 e. The normalized spacial score (nSPS) is 21.8. The third-order valence-electron chi connectivity index (χ3n) is 4.01. The van der Waals surface area contributed by atoms with Gasteiger partial charge in [0.05, 0.1) is 6.10 Å². The molecule has 0 amide bonds. The van der Waals surface area contributed by atoms with Crippen LogP contribution in [0.3, 0.4) is 0 Å². The molecule has 1 fully saturated rings. The number of benzene rings is 1. The molecule has 19 heavy (non-hydrogen) atoms. The number of fused-ring (bicyclic) bond motifs is 1. The summed E-state index contributed by atoms with van der Waals surface area (Å²) >= 11 is 0. The first-order valence-electron chi connectivity index (χ1n) is 7.24. The van der Waals surface area contributed by atoms with E-state index in [-0.39, 0.29) is 11.7 Å². The molecule has 1 saturated carbocycles. The molecule has 0 spiro atoms. The first kappa shape index (κ1) is 12.9. The highest BCUT2D eigenvalue weighted by molar-refractivity contribution is 5.45. The summed E-state index contributed by atoms with van der Waals surface area (Å²) in [5, 5.41) is 13.2. The van der Waals surface area contributed by atoms with E-state index >= 15 is 0 Å². The molecule has 0 saturated heterocycles. The Kier molecular flexibility index (Phi) is 3.27. The van der Waals surface area contributed by atoms with E-state index in [0.717, 1.165) is 18.7 Å². The van der Waals surface area contributed by atoms with Crippen molar-refractivity contribution in [1.82, 2.24) is 5.32 Å². The van der Waals surface area contributed by atoms with Crippen LogP contribution >= 0.6 is 0 Å². The standard InChI is InChI=1S/C16H23NO2/c1-16(2)8-12-4-3-5-13(15(12)19-16)9-17-10-14(18)11-6-7-11/h3-5,11,14,17-18H,6-10H2,1-2H3. The lowest BCUT2D eigenvalue weighted by molar-refractivity contribution is 0.135. The molecular formula is C16H23NO2. The van der Waals surface area contributed by atoms with E-state index in [1.165, 1.54) is 24.0 Å². The minimum atomic E-state index is -0.186. The average Bonchev–Trinajstić information content (AvgIpc) is 3.12. The summed E-state index contributed by atoms with van der Waals surface area (Å²) in [6.45, 7) is 5.70. The van der Waals surface area contributed by atoms with Crippen molar-refractivity contribution in [1.29, 1.82) is 0 Å². The molecule has 3 nitrogen and oxygen atoms in total. The van der Waals surface area contributed by atoms with Crippen LogP contribution < -0.4 is 10.1 Å². The third-order valence-corrected chi connectivity index (χ3v) is 4.01. The second kappa shape index (κ2) is 4.80. The van der Waals surface area contributed by atoms with Gasteiger partial charge in [-0.25, -0.2) is 0 Å². The van der Waals surface area contributed by atoms with Crippen LogP contribution in [0.15, 0.2) is 18.2 Å². The summed E-state index contributed by atoms with van der Waals surface area (Å²) in [5.74, 6) is 1.57. The molecule has 1 aliphatic heterocycles. The largest absolute Gasteiger partial charge is 0.487 e. The molecular weight excluding hydrogens is 238 g/mol. The molecule has 3 heteroatoms. The molecule has 1 unspecified atom stereocenters. The van der Waals surface area contributed by atoms with Crippen LogP contribution in [0.25, 0.3) is 0 Å². The maximum Gasteiger partial charge on any atom is 0.127 e. The molecule has 1 aromatic rings. The fourth-order valence-electron chi connectivity index (χ4n) is 2.82. The van der Waals surface area contributed by atoms with Crippen molar-refractivity contribution < 1.29 is 9.84 Å². The van der Waals surface area contributed by atoms with Crippen molar-refractivity contribution in [3.63, 3.8) is 0 Å². The maximum atomic E-state index is 9.85. The molecule has 1 heterocycles. The average molecular weight is 261 g/mol. The van der Waals surface area contributed by atoms with Crippen LogP contribution in [0.4, 0.5) is 0 Å². The van der Waals surface area contributed by atoms with E-state index in [0.29, 0.717) is 12.5 Å². The summed E-state index contributed by atoms with van der Waals surface area (Å²) in [4.78, 5) is 0. The first-order chi connectivity index (χ1) is 9.05. The predicted octanol–water partition coefficient (Wildman–Crippen LogP) is 2.26. The molecule has 3 rings (SSSR count). The van der Waals surface area contributed by atoms with Crippen LogP contribution in [-0.2, 0) is 13.0 Å². The molecule has 0 aromatic heterocycles. The van der Waals surface area contributed by atoms with Crippen LogP contribution in [0.1, 0.15) is 37.8 Å². The van der Waals surface area contributed by atoms with Crippen LogP contribution in [-0.4, -0.2) is 23.4 Å². The van der Waals surface area contributed by atoms with Gasteiger partial charge in [0, 0.05) is 25.1 Å². The Labute approximate surface area is 115 Å². The van der Waals surface area contributed by atoms with Crippen molar-refractivity contribution in [2.45, 2.75) is 51.4 Å². The Morgan fingerprint density at radius 2 is 2.21 bits per heavy atom. The fourth-order valence-corrected chi connectivity index (χ4v) is 2.82. The number of aliphatic hydroxyl groups is 1. The van der Waals surface area contributed by atoms with Gasteiger partial charge in [0.15, 0.2) is 0 Å². The van der Waals surface area contributed by atoms with E-state index in [1.54, 1.807) is 0 Å². The van der Waals surface area contributed by atoms with Gasteiger partial charge in [-0.05, 0) is 38.2 Å². The lowest BCUT2D eigenvalue weighted by Gasteiger charge is -2.18. The van der Waals surface area contributed by atoms with Gasteiger partial charge in [0.25, 0.3) is 0 Å². The number of rotatable bonds is 5. The maximum absolute atomic E-state index is 9.85. The summed E-state index contributed by atoms with van der Waals surface area (Å²) in [6, 6.07) is 6.35. The minimum Gasteiger partial charge on any atom is -0.487 e. The quantitative estimate of drug-likeness (QED) is 0.854. The van der Waals surface area contributed by atoms with Crippen molar-refractivity contribution in [3.8, 4) is 5.75 Å². The summed E-state index contributed by atoms with van der Waals surface area (Å²) in [6.07, 6.45) is 3.15. The predicted molar refractivity (Wildman–Crippen MR) is 75.3 cm³/mol. The van der Waals surface area contributed by atoms with E-state index in [2.05, 4.69) is 37.4 Å². The highest BCUT2D eigenvalue weighted by atomic mass is 16.5. The Hall–Kier alpha value is -1.06. The Morgan fingerprint density at radius 1 is 1.42 bits per heavy atom. The molecule has 0 bridgehead atoms. The Bertz CT molecular complexity index is 466. The zero-order chi connectivity index (χ0) is 13.5.